The first-order valence-electron chi connectivity index (χ1n) is 12.0. The summed E-state index contributed by atoms with van der Waals surface area (Å²) in [7, 11) is -2.83. The molecule has 3 N–H and O–H groups in total. The van der Waals surface area contributed by atoms with Crippen LogP contribution in [0.25, 0.3) is 0 Å². The topological polar surface area (TPSA) is 99.1 Å². The molecular weight excluding hydrogens is 575 g/mol. The number of anilines is 1. The Bertz CT molecular complexity index is 1180. The molecule has 5 rings (SSSR count). The van der Waals surface area contributed by atoms with Crippen molar-refractivity contribution in [2.24, 2.45) is 5.92 Å². The van der Waals surface area contributed by atoms with E-state index in [0.717, 1.165) is 25.9 Å². The normalized spacial score (nSPS) is 29.8. The van der Waals surface area contributed by atoms with E-state index in [9.17, 15) is 19.5 Å². The van der Waals surface area contributed by atoms with Gasteiger partial charge in [-0.15, -0.1) is 0 Å². The van der Waals surface area contributed by atoms with E-state index in [4.69, 9.17) is 4.74 Å². The molecule has 2 aromatic carbocycles. The summed E-state index contributed by atoms with van der Waals surface area (Å²) in [5, 5.41) is 13.0. The van der Waals surface area contributed by atoms with Crippen molar-refractivity contribution >= 4 is 48.4 Å². The van der Waals surface area contributed by atoms with Crippen LogP contribution >= 0.6 is 22.6 Å². The van der Waals surface area contributed by atoms with Gasteiger partial charge in [0.25, 0.3) is 5.91 Å². The summed E-state index contributed by atoms with van der Waals surface area (Å²) in [6.07, 6.45) is 0.0523. The third-order valence-corrected chi connectivity index (χ3v) is 11.1. The maximum atomic E-state index is 13.7. The summed E-state index contributed by atoms with van der Waals surface area (Å²) in [5.74, 6) is -0.667. The van der Waals surface area contributed by atoms with E-state index in [1.54, 1.807) is 4.90 Å². The van der Waals surface area contributed by atoms with Crippen LogP contribution in [-0.4, -0.2) is 53.7 Å². The lowest BCUT2D eigenvalue weighted by Crippen LogP contribution is -2.48. The van der Waals surface area contributed by atoms with Gasteiger partial charge in [0, 0.05) is 32.8 Å². The van der Waals surface area contributed by atoms with Crippen LogP contribution in [0.5, 0.6) is 0 Å². The summed E-state index contributed by atoms with van der Waals surface area (Å²) in [6, 6.07) is 13.5. The van der Waals surface area contributed by atoms with Crippen LogP contribution in [-0.2, 0) is 32.9 Å². The van der Waals surface area contributed by atoms with Gasteiger partial charge in [0.15, 0.2) is 13.9 Å². The number of nitrogens with one attached hydrogen (secondary N) is 1. The predicted octanol–water partition coefficient (Wildman–Crippen LogP) is 3.38. The highest BCUT2D eigenvalue weighted by atomic mass is 127. The molecule has 0 unspecified atom stereocenters. The van der Waals surface area contributed by atoms with Crippen molar-refractivity contribution in [1.82, 2.24) is 4.90 Å². The molecule has 7 nitrogen and oxygen atoms in total. The molecule has 0 aromatic heterocycles. The van der Waals surface area contributed by atoms with E-state index >= 15 is 0 Å². The molecule has 35 heavy (non-hydrogen) atoms. The van der Waals surface area contributed by atoms with E-state index in [1.807, 2.05) is 62.5 Å². The Morgan fingerprint density at radius 2 is 1.97 bits per heavy atom. The fourth-order valence-electron chi connectivity index (χ4n) is 6.40. The number of carbonyl (C=O) groups is 2. The summed E-state index contributed by atoms with van der Waals surface area (Å²) >= 11 is 2.22. The SMILES string of the molecule is C[C@@H]1[C@@H]([Si](C)(C)O)[C@H](CC(=O)N2Cc3ccccc3C[C@H]2CO)O[C@@]12C(=O)Nc1ccc(I)cc12. The van der Waals surface area contributed by atoms with Crippen molar-refractivity contribution in [1.29, 1.82) is 0 Å². The smallest absolute Gasteiger partial charge is 0.261 e. The molecule has 3 aliphatic heterocycles. The van der Waals surface area contributed by atoms with E-state index in [2.05, 4.69) is 27.9 Å². The molecule has 1 saturated heterocycles. The van der Waals surface area contributed by atoms with Crippen molar-refractivity contribution in [3.05, 3.63) is 62.7 Å². The van der Waals surface area contributed by atoms with Gasteiger partial charge in [0.2, 0.25) is 5.91 Å². The molecule has 1 fully saturated rings. The van der Waals surface area contributed by atoms with Gasteiger partial charge in [-0.1, -0.05) is 31.2 Å². The fraction of sp³-hybridized carbons (Fsp3) is 0.462. The van der Waals surface area contributed by atoms with Crippen molar-refractivity contribution < 1.29 is 24.2 Å². The first-order chi connectivity index (χ1) is 16.6. The standard InChI is InChI=1S/C26H31IN2O5Si/c1-15-24(35(2,3)33)22(34-26(15)20-11-18(27)8-9-21(20)28-25(26)32)12-23(31)29-13-17-7-5-4-6-16(17)10-19(29)14-30/h4-9,11,15,19,22,24,30,33H,10,12-14H2,1-3H3,(H,28,32)/t15-,19+,22+,24-,26+/m1/s1. The maximum absolute atomic E-state index is 13.7. The minimum Gasteiger partial charge on any atom is -0.432 e. The lowest BCUT2D eigenvalue weighted by molar-refractivity contribution is -0.149. The number of rotatable bonds is 4. The molecular formula is C26H31IN2O5Si. The number of hydrogen-bond acceptors (Lipinski definition) is 5. The molecule has 9 heteroatoms. The molecule has 3 heterocycles. The summed E-state index contributed by atoms with van der Waals surface area (Å²) in [5.41, 5.74) is 2.18. The van der Waals surface area contributed by atoms with E-state index < -0.39 is 20.0 Å². The third kappa shape index (κ3) is 4.05. The number of carbonyl (C=O) groups excluding carboxylic acids is 2. The van der Waals surface area contributed by atoms with Crippen molar-refractivity contribution in [2.75, 3.05) is 11.9 Å². The molecule has 3 aliphatic rings. The molecule has 0 saturated carbocycles. The van der Waals surface area contributed by atoms with Gasteiger partial charge in [-0.2, -0.15) is 0 Å². The summed E-state index contributed by atoms with van der Waals surface area (Å²) < 4.78 is 7.59. The molecule has 0 bridgehead atoms. The highest BCUT2D eigenvalue weighted by Crippen LogP contribution is 2.58. The minimum absolute atomic E-state index is 0.0545. The number of amides is 2. The number of ether oxygens (including phenoxy) is 1. The average Bonchev–Trinajstić information content (AvgIpc) is 3.26. The van der Waals surface area contributed by atoms with Gasteiger partial charge in [-0.25, -0.2) is 0 Å². The van der Waals surface area contributed by atoms with Crippen LogP contribution in [0, 0.1) is 9.49 Å². The number of aliphatic hydroxyl groups is 1. The van der Waals surface area contributed by atoms with Gasteiger partial charge >= 0.3 is 0 Å². The highest BCUT2D eigenvalue weighted by Gasteiger charge is 2.65. The molecule has 186 valence electrons. The highest BCUT2D eigenvalue weighted by molar-refractivity contribution is 14.1. The summed E-state index contributed by atoms with van der Waals surface area (Å²) in [4.78, 5) is 40.1. The van der Waals surface area contributed by atoms with Crippen LogP contribution in [0.15, 0.2) is 42.5 Å². The molecule has 1 spiro atoms. The quantitative estimate of drug-likeness (QED) is 0.367. The third-order valence-electron chi connectivity index (χ3n) is 7.96. The number of aliphatic hydroxyl groups excluding tert-OH is 1. The zero-order valence-corrected chi connectivity index (χ0v) is 23.3. The number of fused-ring (bicyclic) bond motifs is 3. The zero-order valence-electron chi connectivity index (χ0n) is 20.1. The van der Waals surface area contributed by atoms with Gasteiger partial charge in [-0.3, -0.25) is 9.59 Å². The predicted molar refractivity (Wildman–Crippen MR) is 143 cm³/mol. The number of benzene rings is 2. The second kappa shape index (κ2) is 8.95. The Kier molecular flexibility index (Phi) is 6.36. The second-order valence-electron chi connectivity index (χ2n) is 10.5. The first kappa shape index (κ1) is 24.9. The molecule has 2 amide bonds. The zero-order chi connectivity index (χ0) is 25.1. The van der Waals surface area contributed by atoms with E-state index in [0.29, 0.717) is 13.0 Å². The van der Waals surface area contributed by atoms with Gasteiger partial charge < -0.3 is 24.9 Å². The van der Waals surface area contributed by atoms with Crippen LogP contribution in [0.2, 0.25) is 18.6 Å². The van der Waals surface area contributed by atoms with Crippen molar-refractivity contribution in [3.63, 3.8) is 0 Å². The van der Waals surface area contributed by atoms with Gasteiger partial charge in [0.05, 0.1) is 25.2 Å². The van der Waals surface area contributed by atoms with Crippen molar-refractivity contribution in [2.45, 2.75) is 62.7 Å². The van der Waals surface area contributed by atoms with Crippen LogP contribution in [0.3, 0.4) is 0 Å². The Hall–Kier alpha value is -1.79. The minimum atomic E-state index is -2.83. The van der Waals surface area contributed by atoms with Gasteiger partial charge in [0.1, 0.15) is 0 Å². The van der Waals surface area contributed by atoms with Crippen LogP contribution in [0.1, 0.15) is 30.0 Å². The second-order valence-corrected chi connectivity index (χ2v) is 15.8. The molecule has 0 radical (unpaired) electrons. The van der Waals surface area contributed by atoms with E-state index in [-0.39, 0.29) is 42.3 Å². The molecule has 5 atom stereocenters. The Morgan fingerprint density at radius 1 is 1.26 bits per heavy atom. The largest absolute Gasteiger partial charge is 0.432 e. The molecule has 0 aliphatic carbocycles. The molecule has 2 aromatic rings. The Labute approximate surface area is 220 Å². The summed E-state index contributed by atoms with van der Waals surface area (Å²) in [6.45, 7) is 5.97. The Morgan fingerprint density at radius 3 is 2.66 bits per heavy atom. The van der Waals surface area contributed by atoms with Crippen LogP contribution < -0.4 is 5.32 Å². The lowest BCUT2D eigenvalue weighted by atomic mass is 9.82. The maximum Gasteiger partial charge on any atom is 0.261 e. The van der Waals surface area contributed by atoms with Crippen molar-refractivity contribution in [3.8, 4) is 0 Å². The average molecular weight is 607 g/mol. The number of halogens is 1. The number of nitrogens with zero attached hydrogens (tertiary/aromatic N) is 1. The monoisotopic (exact) mass is 606 g/mol. The first-order valence-corrected chi connectivity index (χ1v) is 16.2. The lowest BCUT2D eigenvalue weighted by Gasteiger charge is -2.37. The van der Waals surface area contributed by atoms with Crippen LogP contribution in [0.4, 0.5) is 5.69 Å². The van der Waals surface area contributed by atoms with Gasteiger partial charge in [-0.05, 0) is 71.4 Å². The van der Waals surface area contributed by atoms with E-state index in [1.165, 1.54) is 0 Å². The number of hydrogen-bond donors (Lipinski definition) is 3. The fourth-order valence-corrected chi connectivity index (χ4v) is 9.45. The Balaban J connectivity index is 1.47.